The number of carbonyl (C=O) groups is 1. The van der Waals surface area contributed by atoms with E-state index in [1.54, 1.807) is 30.1 Å². The molecule has 26 heavy (non-hydrogen) atoms. The monoisotopic (exact) mass is 373 g/mol. The number of ether oxygens (including phenoxy) is 1. The fourth-order valence-corrected chi connectivity index (χ4v) is 3.13. The molecule has 0 aliphatic carbocycles. The van der Waals surface area contributed by atoms with E-state index in [-0.39, 0.29) is 18.3 Å². The molecule has 1 aliphatic heterocycles. The largest absolute Gasteiger partial charge is 0.495 e. The van der Waals surface area contributed by atoms with E-state index in [0.717, 1.165) is 30.2 Å². The molecule has 1 amide bonds. The van der Waals surface area contributed by atoms with Gasteiger partial charge in [0.15, 0.2) is 5.65 Å². The number of hydrogen-bond donors (Lipinski definition) is 0. The normalized spacial score (nSPS) is 14.2. The van der Waals surface area contributed by atoms with Crippen molar-refractivity contribution in [3.8, 4) is 5.75 Å². The van der Waals surface area contributed by atoms with Gasteiger partial charge in [-0.2, -0.15) is 5.10 Å². The van der Waals surface area contributed by atoms with Gasteiger partial charge in [0.1, 0.15) is 11.4 Å². The van der Waals surface area contributed by atoms with Crippen molar-refractivity contribution in [1.29, 1.82) is 0 Å². The van der Waals surface area contributed by atoms with E-state index < -0.39 is 0 Å². The minimum Gasteiger partial charge on any atom is -0.495 e. The highest BCUT2D eigenvalue weighted by Gasteiger charge is 2.24. The van der Waals surface area contributed by atoms with Gasteiger partial charge in [-0.3, -0.25) is 4.79 Å². The Labute approximate surface area is 157 Å². The van der Waals surface area contributed by atoms with E-state index in [4.69, 9.17) is 4.74 Å². The van der Waals surface area contributed by atoms with Gasteiger partial charge in [0.25, 0.3) is 5.91 Å². The molecule has 1 aromatic carbocycles. The lowest BCUT2D eigenvalue weighted by atomic mass is 10.2. The predicted molar refractivity (Wildman–Crippen MR) is 101 cm³/mol. The Bertz CT molecular complexity index is 905. The maximum Gasteiger partial charge on any atom is 0.274 e. The second kappa shape index (κ2) is 7.61. The van der Waals surface area contributed by atoms with Crippen molar-refractivity contribution >= 4 is 29.6 Å². The van der Waals surface area contributed by atoms with Crippen molar-refractivity contribution in [2.24, 2.45) is 0 Å². The maximum absolute atomic E-state index is 12.7. The van der Waals surface area contributed by atoms with Gasteiger partial charge < -0.3 is 14.5 Å². The summed E-state index contributed by atoms with van der Waals surface area (Å²) in [6.07, 6.45) is 3.41. The highest BCUT2D eigenvalue weighted by atomic mass is 35.5. The molecule has 0 N–H and O–H groups in total. The molecule has 4 rings (SSSR count). The number of anilines is 1. The molecule has 7 nitrogen and oxygen atoms in total. The minimum absolute atomic E-state index is 0. The SMILES string of the molecule is COc1ccccc1N1CCN(C(=O)c2ccc3nccn3n2)CC1.Cl. The van der Waals surface area contributed by atoms with Gasteiger partial charge in [0, 0.05) is 38.6 Å². The van der Waals surface area contributed by atoms with Gasteiger partial charge in [-0.05, 0) is 24.3 Å². The van der Waals surface area contributed by atoms with Gasteiger partial charge in [-0.15, -0.1) is 12.4 Å². The summed E-state index contributed by atoms with van der Waals surface area (Å²) in [7, 11) is 1.68. The quantitative estimate of drug-likeness (QED) is 0.703. The van der Waals surface area contributed by atoms with Crippen LogP contribution in [0.5, 0.6) is 5.75 Å². The van der Waals surface area contributed by atoms with Crippen LogP contribution in [0, 0.1) is 0 Å². The topological polar surface area (TPSA) is 63.0 Å². The number of carbonyl (C=O) groups excluding carboxylic acids is 1. The van der Waals surface area contributed by atoms with Crippen LogP contribution >= 0.6 is 12.4 Å². The molecule has 1 aliphatic rings. The fraction of sp³-hybridized carbons (Fsp3) is 0.278. The van der Waals surface area contributed by atoms with E-state index in [9.17, 15) is 4.79 Å². The number of rotatable bonds is 3. The van der Waals surface area contributed by atoms with Crippen molar-refractivity contribution in [1.82, 2.24) is 19.5 Å². The zero-order valence-electron chi connectivity index (χ0n) is 14.4. The summed E-state index contributed by atoms with van der Waals surface area (Å²) in [4.78, 5) is 21.0. The Hall–Kier alpha value is -2.80. The van der Waals surface area contributed by atoms with Crippen LogP contribution in [0.25, 0.3) is 5.65 Å². The van der Waals surface area contributed by atoms with Crippen LogP contribution in [0.3, 0.4) is 0 Å². The summed E-state index contributed by atoms with van der Waals surface area (Å²) in [6, 6.07) is 11.5. The first-order valence-electron chi connectivity index (χ1n) is 8.24. The Morgan fingerprint density at radius 3 is 2.62 bits per heavy atom. The van der Waals surface area contributed by atoms with Crippen LogP contribution in [-0.4, -0.2) is 58.7 Å². The highest BCUT2D eigenvalue weighted by molar-refractivity contribution is 5.92. The molecule has 0 spiro atoms. The molecule has 2 aromatic heterocycles. The Balaban J connectivity index is 0.00000196. The van der Waals surface area contributed by atoms with Crippen molar-refractivity contribution in [3.05, 3.63) is 54.5 Å². The van der Waals surface area contributed by atoms with Crippen molar-refractivity contribution in [3.63, 3.8) is 0 Å². The molecule has 1 fully saturated rings. The fourth-order valence-electron chi connectivity index (χ4n) is 3.13. The molecular weight excluding hydrogens is 354 g/mol. The maximum atomic E-state index is 12.7. The van der Waals surface area contributed by atoms with Crippen LogP contribution in [-0.2, 0) is 0 Å². The van der Waals surface area contributed by atoms with E-state index >= 15 is 0 Å². The average molecular weight is 374 g/mol. The van der Waals surface area contributed by atoms with Crippen LogP contribution in [0.2, 0.25) is 0 Å². The van der Waals surface area contributed by atoms with E-state index in [1.165, 1.54) is 0 Å². The average Bonchev–Trinajstić information content (AvgIpc) is 3.15. The lowest BCUT2D eigenvalue weighted by molar-refractivity contribution is 0.0739. The summed E-state index contributed by atoms with van der Waals surface area (Å²) < 4.78 is 7.06. The minimum atomic E-state index is -0.0460. The highest BCUT2D eigenvalue weighted by Crippen LogP contribution is 2.28. The Morgan fingerprint density at radius 1 is 1.08 bits per heavy atom. The van der Waals surface area contributed by atoms with E-state index in [1.807, 2.05) is 35.2 Å². The number of fused-ring (bicyclic) bond motifs is 1. The molecule has 0 radical (unpaired) electrons. The van der Waals surface area contributed by atoms with Gasteiger partial charge in [0.2, 0.25) is 0 Å². The summed E-state index contributed by atoms with van der Waals surface area (Å²) in [5.74, 6) is 0.810. The number of methoxy groups -OCH3 is 1. The number of imidazole rings is 1. The first kappa shape index (κ1) is 18.0. The molecule has 3 aromatic rings. The summed E-state index contributed by atoms with van der Waals surface area (Å²) >= 11 is 0. The lowest BCUT2D eigenvalue weighted by Gasteiger charge is -2.36. The molecular formula is C18H20ClN5O2. The van der Waals surface area contributed by atoms with Crippen LogP contribution < -0.4 is 9.64 Å². The third kappa shape index (κ3) is 3.30. The molecule has 1 saturated heterocycles. The number of aromatic nitrogens is 3. The molecule has 0 bridgehead atoms. The summed E-state index contributed by atoms with van der Waals surface area (Å²) in [5.41, 5.74) is 2.24. The van der Waals surface area contributed by atoms with Gasteiger partial charge >= 0.3 is 0 Å². The Morgan fingerprint density at radius 2 is 1.85 bits per heavy atom. The molecule has 8 heteroatoms. The van der Waals surface area contributed by atoms with Crippen LogP contribution in [0.4, 0.5) is 5.69 Å². The van der Waals surface area contributed by atoms with Crippen molar-refractivity contribution < 1.29 is 9.53 Å². The zero-order chi connectivity index (χ0) is 17.2. The van der Waals surface area contributed by atoms with Gasteiger partial charge in [0.05, 0.1) is 12.8 Å². The number of hydrogen-bond acceptors (Lipinski definition) is 5. The molecule has 0 atom stereocenters. The zero-order valence-corrected chi connectivity index (χ0v) is 15.2. The van der Waals surface area contributed by atoms with E-state index in [0.29, 0.717) is 18.8 Å². The second-order valence-corrected chi connectivity index (χ2v) is 5.90. The van der Waals surface area contributed by atoms with Crippen molar-refractivity contribution in [2.75, 3.05) is 38.2 Å². The standard InChI is InChI=1S/C18H19N5O2.ClH/c1-25-16-5-3-2-4-15(16)21-10-12-22(13-11-21)18(24)14-6-7-17-19-8-9-23(17)20-14;/h2-9H,10-13H2,1H3;1H. The smallest absolute Gasteiger partial charge is 0.274 e. The molecule has 136 valence electrons. The van der Waals surface area contributed by atoms with Crippen LogP contribution in [0.15, 0.2) is 48.8 Å². The van der Waals surface area contributed by atoms with Crippen molar-refractivity contribution in [2.45, 2.75) is 0 Å². The molecule has 0 saturated carbocycles. The third-order valence-electron chi connectivity index (χ3n) is 4.47. The lowest BCUT2D eigenvalue weighted by Crippen LogP contribution is -2.49. The molecule has 0 unspecified atom stereocenters. The number of para-hydroxylation sites is 2. The van der Waals surface area contributed by atoms with Crippen LogP contribution in [0.1, 0.15) is 10.5 Å². The summed E-state index contributed by atoms with van der Waals surface area (Å²) in [6.45, 7) is 2.83. The van der Waals surface area contributed by atoms with Gasteiger partial charge in [-0.25, -0.2) is 9.50 Å². The number of piperazine rings is 1. The molecule has 3 heterocycles. The first-order chi connectivity index (χ1) is 12.3. The van der Waals surface area contributed by atoms with Gasteiger partial charge in [-0.1, -0.05) is 12.1 Å². The number of amides is 1. The first-order valence-corrected chi connectivity index (χ1v) is 8.24. The number of halogens is 1. The third-order valence-corrected chi connectivity index (χ3v) is 4.47. The number of nitrogens with zero attached hydrogens (tertiary/aromatic N) is 5. The summed E-state index contributed by atoms with van der Waals surface area (Å²) in [5, 5.41) is 4.34. The van der Waals surface area contributed by atoms with E-state index in [2.05, 4.69) is 15.0 Å². The number of benzene rings is 1. The second-order valence-electron chi connectivity index (χ2n) is 5.90. The predicted octanol–water partition coefficient (Wildman–Crippen LogP) is 2.12. The Kier molecular flexibility index (Phi) is 5.27.